The summed E-state index contributed by atoms with van der Waals surface area (Å²) in [5.41, 5.74) is 2.68. The lowest BCUT2D eigenvalue weighted by Gasteiger charge is -2.21. The molecule has 156 valence electrons. The molecule has 0 bridgehead atoms. The number of aliphatic carboxylic acids is 1. The van der Waals surface area contributed by atoms with Crippen LogP contribution in [0.3, 0.4) is 0 Å². The van der Waals surface area contributed by atoms with Crippen LogP contribution in [-0.2, 0) is 16.0 Å². The summed E-state index contributed by atoms with van der Waals surface area (Å²) in [4.78, 5) is 23.9. The van der Waals surface area contributed by atoms with Gasteiger partial charge in [-0.25, -0.2) is 5.10 Å². The molecule has 30 heavy (non-hydrogen) atoms. The van der Waals surface area contributed by atoms with Crippen molar-refractivity contribution in [3.8, 4) is 11.1 Å². The van der Waals surface area contributed by atoms with Crippen molar-refractivity contribution in [2.75, 3.05) is 11.9 Å². The molecule has 3 aromatic rings. The van der Waals surface area contributed by atoms with Crippen molar-refractivity contribution < 1.29 is 19.8 Å². The van der Waals surface area contributed by atoms with Crippen molar-refractivity contribution >= 4 is 29.4 Å². The highest BCUT2D eigenvalue weighted by atomic mass is 35.5. The lowest BCUT2D eigenvalue weighted by Crippen LogP contribution is -2.51. The molecule has 0 aliphatic carbocycles. The molecule has 10 nitrogen and oxygen atoms in total. The van der Waals surface area contributed by atoms with Gasteiger partial charge in [-0.15, -0.1) is 0 Å². The highest BCUT2D eigenvalue weighted by molar-refractivity contribution is 6.30. The van der Waals surface area contributed by atoms with Gasteiger partial charge in [-0.05, 0) is 45.7 Å². The van der Waals surface area contributed by atoms with Crippen LogP contribution in [0.1, 0.15) is 5.56 Å². The van der Waals surface area contributed by atoms with E-state index in [1.54, 1.807) is 6.07 Å². The minimum Gasteiger partial charge on any atom is -0.480 e. The molecular formula is C19H19ClN6O4. The number of carboxylic acids is 1. The minimum absolute atomic E-state index is 0.0268. The van der Waals surface area contributed by atoms with E-state index in [-0.39, 0.29) is 12.4 Å². The molecule has 2 atom stereocenters. The number of carboxylic acid groups (broad SMARTS) is 1. The number of hydrogen-bond donors (Lipinski definition) is 5. The Labute approximate surface area is 176 Å². The number of halogens is 1. The third-order valence-electron chi connectivity index (χ3n) is 4.34. The van der Waals surface area contributed by atoms with E-state index in [2.05, 4.69) is 31.3 Å². The third-order valence-corrected chi connectivity index (χ3v) is 4.57. The normalized spacial score (nSPS) is 12.9. The van der Waals surface area contributed by atoms with Crippen LogP contribution in [0.15, 0.2) is 48.5 Å². The smallest absolute Gasteiger partial charge is 0.323 e. The van der Waals surface area contributed by atoms with Crippen LogP contribution in [0.25, 0.3) is 11.1 Å². The van der Waals surface area contributed by atoms with E-state index in [0.717, 1.165) is 16.7 Å². The number of hydrogen-bond acceptors (Lipinski definition) is 7. The number of aromatic amines is 1. The highest BCUT2D eigenvalue weighted by Crippen LogP contribution is 2.23. The Morgan fingerprint density at radius 3 is 2.47 bits per heavy atom. The van der Waals surface area contributed by atoms with E-state index in [0.29, 0.717) is 5.02 Å². The maximum Gasteiger partial charge on any atom is 0.323 e. The van der Waals surface area contributed by atoms with Gasteiger partial charge in [0.05, 0.1) is 12.6 Å². The van der Waals surface area contributed by atoms with Gasteiger partial charge in [0.1, 0.15) is 6.04 Å². The predicted molar refractivity (Wildman–Crippen MR) is 109 cm³/mol. The number of nitrogens with zero attached hydrogens (tertiary/aromatic N) is 3. The molecule has 1 aromatic heterocycles. The lowest BCUT2D eigenvalue weighted by molar-refractivity contribution is -0.140. The second kappa shape index (κ2) is 9.92. The summed E-state index contributed by atoms with van der Waals surface area (Å²) in [5, 5.41) is 37.0. The van der Waals surface area contributed by atoms with Gasteiger partial charge in [0, 0.05) is 5.02 Å². The SMILES string of the molecule is O=C(O)[C@H](CO)N[C@@H](Cc1ccc(-c2cccc(Cl)c2)cc1)C(=O)Nc1nnn[nH]1. The van der Waals surface area contributed by atoms with Gasteiger partial charge in [-0.3, -0.25) is 20.2 Å². The van der Waals surface area contributed by atoms with Gasteiger partial charge in [0.2, 0.25) is 11.9 Å². The Hall–Kier alpha value is -3.34. The van der Waals surface area contributed by atoms with E-state index in [1.807, 2.05) is 42.5 Å². The fourth-order valence-electron chi connectivity index (χ4n) is 2.83. The zero-order chi connectivity index (χ0) is 21.5. The summed E-state index contributed by atoms with van der Waals surface area (Å²) in [5.74, 6) is -1.79. The van der Waals surface area contributed by atoms with Gasteiger partial charge in [0.15, 0.2) is 0 Å². The number of carbonyl (C=O) groups excluding carboxylic acids is 1. The van der Waals surface area contributed by atoms with Gasteiger partial charge in [0.25, 0.3) is 0 Å². The molecule has 0 aliphatic heterocycles. The molecule has 0 saturated carbocycles. The third kappa shape index (κ3) is 5.60. The molecule has 0 radical (unpaired) electrons. The second-order valence-electron chi connectivity index (χ2n) is 6.44. The van der Waals surface area contributed by atoms with Crippen LogP contribution in [0.2, 0.25) is 5.02 Å². The number of aliphatic hydroxyl groups excluding tert-OH is 1. The van der Waals surface area contributed by atoms with E-state index in [1.165, 1.54) is 0 Å². The first-order valence-electron chi connectivity index (χ1n) is 8.95. The fourth-order valence-corrected chi connectivity index (χ4v) is 3.02. The second-order valence-corrected chi connectivity index (χ2v) is 6.88. The highest BCUT2D eigenvalue weighted by Gasteiger charge is 2.26. The zero-order valence-electron chi connectivity index (χ0n) is 15.6. The van der Waals surface area contributed by atoms with Crippen molar-refractivity contribution in [2.45, 2.75) is 18.5 Å². The summed E-state index contributed by atoms with van der Waals surface area (Å²) in [6.45, 7) is -0.670. The number of H-pyrrole nitrogens is 1. The lowest BCUT2D eigenvalue weighted by atomic mass is 10.00. The van der Waals surface area contributed by atoms with Gasteiger partial charge >= 0.3 is 5.97 Å². The summed E-state index contributed by atoms with van der Waals surface area (Å²) in [6, 6.07) is 12.6. The molecule has 11 heteroatoms. The number of tetrazole rings is 1. The zero-order valence-corrected chi connectivity index (χ0v) is 16.4. The van der Waals surface area contributed by atoms with Crippen LogP contribution < -0.4 is 10.6 Å². The molecule has 0 unspecified atom stereocenters. The Morgan fingerprint density at radius 1 is 1.10 bits per heavy atom. The fraction of sp³-hybridized carbons (Fsp3) is 0.211. The molecule has 3 rings (SSSR count). The van der Waals surface area contributed by atoms with Crippen molar-refractivity contribution in [1.82, 2.24) is 25.9 Å². The summed E-state index contributed by atoms with van der Waals surface area (Å²) in [7, 11) is 0. The topological polar surface area (TPSA) is 153 Å². The van der Waals surface area contributed by atoms with E-state index < -0.39 is 30.6 Å². The number of carbonyl (C=O) groups is 2. The molecule has 5 N–H and O–H groups in total. The van der Waals surface area contributed by atoms with Crippen molar-refractivity contribution in [3.63, 3.8) is 0 Å². The molecule has 0 saturated heterocycles. The maximum absolute atomic E-state index is 12.6. The predicted octanol–water partition coefficient (Wildman–Crippen LogP) is 1.10. The Kier molecular flexibility index (Phi) is 7.07. The number of amides is 1. The van der Waals surface area contributed by atoms with Crippen LogP contribution in [0, 0.1) is 0 Å². The summed E-state index contributed by atoms with van der Waals surface area (Å²) >= 11 is 6.04. The number of nitrogens with one attached hydrogen (secondary N) is 3. The first kappa shape index (κ1) is 21.4. The largest absolute Gasteiger partial charge is 0.480 e. The van der Waals surface area contributed by atoms with Crippen LogP contribution in [0.4, 0.5) is 5.95 Å². The molecule has 1 amide bonds. The molecule has 0 spiro atoms. The van der Waals surface area contributed by atoms with Gasteiger partial charge in [-0.2, -0.15) is 0 Å². The molecule has 2 aromatic carbocycles. The maximum atomic E-state index is 12.6. The summed E-state index contributed by atoms with van der Waals surface area (Å²) < 4.78 is 0. The van der Waals surface area contributed by atoms with Crippen molar-refractivity contribution in [2.24, 2.45) is 0 Å². The summed E-state index contributed by atoms with van der Waals surface area (Å²) in [6.07, 6.45) is 0.174. The first-order valence-corrected chi connectivity index (χ1v) is 9.33. The van der Waals surface area contributed by atoms with Crippen LogP contribution in [-0.4, -0.2) is 61.4 Å². The molecular weight excluding hydrogens is 412 g/mol. The Morgan fingerprint density at radius 2 is 1.87 bits per heavy atom. The number of rotatable bonds is 9. The minimum atomic E-state index is -1.31. The Balaban J connectivity index is 1.77. The van der Waals surface area contributed by atoms with E-state index in [4.69, 9.17) is 11.6 Å². The van der Waals surface area contributed by atoms with Crippen LogP contribution in [0.5, 0.6) is 0 Å². The first-order chi connectivity index (χ1) is 14.5. The quantitative estimate of drug-likeness (QED) is 0.338. The van der Waals surface area contributed by atoms with Gasteiger partial charge < -0.3 is 10.2 Å². The average Bonchev–Trinajstić information content (AvgIpc) is 3.24. The van der Waals surface area contributed by atoms with E-state index in [9.17, 15) is 19.8 Å². The van der Waals surface area contributed by atoms with Crippen molar-refractivity contribution in [1.29, 1.82) is 0 Å². The number of aliphatic hydroxyl groups is 1. The van der Waals surface area contributed by atoms with Gasteiger partial charge in [-0.1, -0.05) is 53.1 Å². The number of aromatic nitrogens is 4. The van der Waals surface area contributed by atoms with Crippen LogP contribution >= 0.6 is 11.6 Å². The van der Waals surface area contributed by atoms with E-state index >= 15 is 0 Å². The molecule has 0 fully saturated rings. The number of anilines is 1. The molecule has 1 heterocycles. The number of benzene rings is 2. The standard InChI is InChI=1S/C19H19ClN6O4/c20-14-3-1-2-13(9-14)12-6-4-11(5-7-12)8-15(21-16(10-27)18(29)30)17(28)22-19-23-25-26-24-19/h1-7,9,15-16,21,27H,8,10H2,(H,29,30)(H2,22,23,24,25,26,28)/t15-,16-/m0/s1. The molecule has 0 aliphatic rings. The average molecular weight is 431 g/mol. The monoisotopic (exact) mass is 430 g/mol. The van der Waals surface area contributed by atoms with Crippen molar-refractivity contribution in [3.05, 3.63) is 59.1 Å². The Bertz CT molecular complexity index is 997.